The predicted molar refractivity (Wildman–Crippen MR) is 55.9 cm³/mol. The maximum atomic E-state index is 13.3. The molecule has 0 spiro atoms. The summed E-state index contributed by atoms with van der Waals surface area (Å²) in [6, 6.07) is 0.0550. The van der Waals surface area contributed by atoms with E-state index in [4.69, 9.17) is 16.7 Å². The van der Waals surface area contributed by atoms with Gasteiger partial charge in [0.1, 0.15) is 17.7 Å². The van der Waals surface area contributed by atoms with Crippen LogP contribution in [0.3, 0.4) is 0 Å². The standard InChI is InChI=1S/C10H8ClF2NO3/c1-4(10(16)17)14-9(15)5-2-8(13)6(11)3-7(5)12/h2-4H,1H3,(H,14,15)(H,16,17)/t4-/m1/s1. The fourth-order valence-corrected chi connectivity index (χ4v) is 1.18. The van der Waals surface area contributed by atoms with Crippen LogP contribution in [0.4, 0.5) is 8.78 Å². The molecule has 0 saturated carbocycles. The molecule has 1 aromatic rings. The summed E-state index contributed by atoms with van der Waals surface area (Å²) < 4.78 is 26.3. The van der Waals surface area contributed by atoms with E-state index in [2.05, 4.69) is 0 Å². The second kappa shape index (κ2) is 5.09. The van der Waals surface area contributed by atoms with Gasteiger partial charge in [-0.15, -0.1) is 0 Å². The van der Waals surface area contributed by atoms with Crippen molar-refractivity contribution < 1.29 is 23.5 Å². The molecule has 1 aromatic carbocycles. The van der Waals surface area contributed by atoms with Crippen molar-refractivity contribution in [1.82, 2.24) is 5.32 Å². The Balaban J connectivity index is 2.97. The first-order valence-corrected chi connectivity index (χ1v) is 4.89. The lowest BCUT2D eigenvalue weighted by atomic mass is 10.2. The van der Waals surface area contributed by atoms with E-state index in [0.29, 0.717) is 12.1 Å². The number of amides is 1. The molecule has 0 fully saturated rings. The van der Waals surface area contributed by atoms with Gasteiger partial charge in [-0.2, -0.15) is 0 Å². The molecule has 2 N–H and O–H groups in total. The van der Waals surface area contributed by atoms with Crippen LogP contribution in [0.2, 0.25) is 5.02 Å². The van der Waals surface area contributed by atoms with Crippen LogP contribution in [0, 0.1) is 11.6 Å². The topological polar surface area (TPSA) is 66.4 Å². The third kappa shape index (κ3) is 3.13. The van der Waals surface area contributed by atoms with Crippen LogP contribution >= 0.6 is 11.6 Å². The molecule has 0 aliphatic heterocycles. The molecule has 17 heavy (non-hydrogen) atoms. The number of hydrogen-bond acceptors (Lipinski definition) is 2. The summed E-state index contributed by atoms with van der Waals surface area (Å²) in [5.41, 5.74) is -0.597. The molecule has 1 atom stereocenters. The highest BCUT2D eigenvalue weighted by Gasteiger charge is 2.19. The summed E-state index contributed by atoms with van der Waals surface area (Å²) in [5.74, 6) is -4.28. The molecular formula is C10H8ClF2NO3. The average Bonchev–Trinajstić information content (AvgIpc) is 2.22. The molecule has 0 radical (unpaired) electrons. The van der Waals surface area contributed by atoms with Gasteiger partial charge in [-0.25, -0.2) is 8.78 Å². The number of benzene rings is 1. The number of carboxylic acids is 1. The van der Waals surface area contributed by atoms with Crippen LogP contribution in [0.15, 0.2) is 12.1 Å². The monoisotopic (exact) mass is 263 g/mol. The second-order valence-electron chi connectivity index (χ2n) is 3.28. The first-order valence-electron chi connectivity index (χ1n) is 4.51. The smallest absolute Gasteiger partial charge is 0.325 e. The third-order valence-corrected chi connectivity index (χ3v) is 2.26. The van der Waals surface area contributed by atoms with Crippen molar-refractivity contribution >= 4 is 23.5 Å². The molecule has 92 valence electrons. The van der Waals surface area contributed by atoms with E-state index >= 15 is 0 Å². The largest absolute Gasteiger partial charge is 0.480 e. The van der Waals surface area contributed by atoms with Gasteiger partial charge < -0.3 is 10.4 Å². The van der Waals surface area contributed by atoms with E-state index in [1.54, 1.807) is 0 Å². The lowest BCUT2D eigenvalue weighted by Gasteiger charge is -2.10. The molecule has 7 heteroatoms. The zero-order valence-corrected chi connectivity index (χ0v) is 9.39. The summed E-state index contributed by atoms with van der Waals surface area (Å²) in [4.78, 5) is 21.9. The van der Waals surface area contributed by atoms with Crippen LogP contribution in [0.1, 0.15) is 17.3 Å². The van der Waals surface area contributed by atoms with E-state index in [-0.39, 0.29) is 0 Å². The molecule has 0 bridgehead atoms. The Labute approximate surface area is 100 Å². The average molecular weight is 264 g/mol. The summed E-state index contributed by atoms with van der Waals surface area (Å²) in [6.07, 6.45) is 0. The minimum absolute atomic E-state index is 0.453. The Morgan fingerprint density at radius 1 is 1.35 bits per heavy atom. The van der Waals surface area contributed by atoms with Gasteiger partial charge in [0, 0.05) is 0 Å². The van der Waals surface area contributed by atoms with Crippen LogP contribution in [0.25, 0.3) is 0 Å². The first-order chi connectivity index (χ1) is 7.82. The van der Waals surface area contributed by atoms with Gasteiger partial charge in [0.25, 0.3) is 5.91 Å². The summed E-state index contributed by atoms with van der Waals surface area (Å²) in [7, 11) is 0. The van der Waals surface area contributed by atoms with Gasteiger partial charge in [-0.3, -0.25) is 9.59 Å². The van der Waals surface area contributed by atoms with Gasteiger partial charge >= 0.3 is 5.97 Å². The minimum atomic E-state index is -1.28. The van der Waals surface area contributed by atoms with E-state index < -0.39 is 40.1 Å². The van der Waals surface area contributed by atoms with Crippen LogP contribution in [-0.2, 0) is 4.79 Å². The minimum Gasteiger partial charge on any atom is -0.480 e. The zero-order chi connectivity index (χ0) is 13.2. The number of carbonyl (C=O) groups excluding carboxylic acids is 1. The lowest BCUT2D eigenvalue weighted by molar-refractivity contribution is -0.138. The number of halogens is 3. The fourth-order valence-electron chi connectivity index (χ4n) is 1.03. The van der Waals surface area contributed by atoms with Crippen molar-refractivity contribution in [3.05, 3.63) is 34.4 Å². The molecule has 0 aliphatic rings. The summed E-state index contributed by atoms with van der Waals surface area (Å²) in [6.45, 7) is 1.20. The highest BCUT2D eigenvalue weighted by molar-refractivity contribution is 6.30. The van der Waals surface area contributed by atoms with E-state index in [0.717, 1.165) is 0 Å². The third-order valence-electron chi connectivity index (χ3n) is 1.97. The summed E-state index contributed by atoms with van der Waals surface area (Å²) in [5, 5.41) is 10.1. The van der Waals surface area contributed by atoms with Gasteiger partial charge in [0.05, 0.1) is 10.6 Å². The molecule has 0 heterocycles. The van der Waals surface area contributed by atoms with Crippen LogP contribution < -0.4 is 5.32 Å². The van der Waals surface area contributed by atoms with Crippen molar-refractivity contribution in [2.75, 3.05) is 0 Å². The number of rotatable bonds is 3. The van der Waals surface area contributed by atoms with Crippen molar-refractivity contribution in [2.24, 2.45) is 0 Å². The quantitative estimate of drug-likeness (QED) is 0.818. The second-order valence-corrected chi connectivity index (χ2v) is 3.69. The lowest BCUT2D eigenvalue weighted by Crippen LogP contribution is -2.38. The Hall–Kier alpha value is -1.69. The zero-order valence-electron chi connectivity index (χ0n) is 8.63. The number of hydrogen-bond donors (Lipinski definition) is 2. The molecule has 0 aromatic heterocycles. The molecule has 1 rings (SSSR count). The molecule has 4 nitrogen and oxygen atoms in total. The number of carboxylic acid groups (broad SMARTS) is 1. The van der Waals surface area contributed by atoms with Crippen LogP contribution in [0.5, 0.6) is 0 Å². The van der Waals surface area contributed by atoms with E-state index in [9.17, 15) is 18.4 Å². The normalized spacial score (nSPS) is 12.0. The number of carbonyl (C=O) groups is 2. The molecule has 0 aliphatic carbocycles. The Bertz CT molecular complexity index is 479. The maximum absolute atomic E-state index is 13.3. The number of aliphatic carboxylic acids is 1. The molecule has 0 unspecified atom stereocenters. The summed E-state index contributed by atoms with van der Waals surface area (Å²) >= 11 is 5.31. The first kappa shape index (κ1) is 13.4. The van der Waals surface area contributed by atoms with E-state index in [1.807, 2.05) is 5.32 Å². The Kier molecular flexibility index (Phi) is 4.01. The highest BCUT2D eigenvalue weighted by Crippen LogP contribution is 2.19. The Morgan fingerprint density at radius 3 is 2.47 bits per heavy atom. The van der Waals surface area contributed by atoms with Gasteiger partial charge in [-0.05, 0) is 19.1 Å². The molecular weight excluding hydrogens is 256 g/mol. The van der Waals surface area contributed by atoms with Gasteiger partial charge in [0.15, 0.2) is 0 Å². The SMILES string of the molecule is C[C@@H](NC(=O)c1cc(F)c(Cl)cc1F)C(=O)O. The van der Waals surface area contributed by atoms with E-state index in [1.165, 1.54) is 6.92 Å². The van der Waals surface area contributed by atoms with Gasteiger partial charge in [-0.1, -0.05) is 11.6 Å². The number of nitrogens with one attached hydrogen (secondary N) is 1. The Morgan fingerprint density at radius 2 is 1.94 bits per heavy atom. The van der Waals surface area contributed by atoms with Crippen molar-refractivity contribution in [1.29, 1.82) is 0 Å². The molecule has 0 saturated heterocycles. The van der Waals surface area contributed by atoms with Crippen molar-refractivity contribution in [2.45, 2.75) is 13.0 Å². The van der Waals surface area contributed by atoms with Crippen molar-refractivity contribution in [3.63, 3.8) is 0 Å². The highest BCUT2D eigenvalue weighted by atomic mass is 35.5. The maximum Gasteiger partial charge on any atom is 0.325 e. The van der Waals surface area contributed by atoms with Crippen LogP contribution in [-0.4, -0.2) is 23.0 Å². The fraction of sp³-hybridized carbons (Fsp3) is 0.200. The van der Waals surface area contributed by atoms with Crippen molar-refractivity contribution in [3.8, 4) is 0 Å². The van der Waals surface area contributed by atoms with Gasteiger partial charge in [0.2, 0.25) is 0 Å². The molecule has 1 amide bonds. The predicted octanol–water partition coefficient (Wildman–Crippen LogP) is 1.82.